The number of carbonyl (C=O) groups is 2. The highest BCUT2D eigenvalue weighted by molar-refractivity contribution is 6.09. The Balaban J connectivity index is 2.35. The summed E-state index contributed by atoms with van der Waals surface area (Å²) in [6, 6.07) is 3.44. The topological polar surface area (TPSA) is 56.3 Å². The van der Waals surface area contributed by atoms with Gasteiger partial charge in [0.05, 0.1) is 0 Å². The highest BCUT2D eigenvalue weighted by Gasteiger charge is 2.19. The van der Waals surface area contributed by atoms with Crippen molar-refractivity contribution in [3.05, 3.63) is 36.2 Å². The van der Waals surface area contributed by atoms with Gasteiger partial charge in [0.1, 0.15) is 12.2 Å². The number of allylic oxidation sites excluding steroid dienone is 1. The lowest BCUT2D eigenvalue weighted by Gasteiger charge is -2.11. The van der Waals surface area contributed by atoms with E-state index in [1.54, 1.807) is 18.3 Å². The standard InChI is InChI=1S/C10H7NO3/c12-8-4-9(14-10(13)5-8)7-2-1-3-11-6-7/h1-4,6H,5H2. The van der Waals surface area contributed by atoms with Gasteiger partial charge in [-0.15, -0.1) is 0 Å². The number of esters is 1. The largest absolute Gasteiger partial charge is 0.425 e. The van der Waals surface area contributed by atoms with Gasteiger partial charge in [0.15, 0.2) is 5.78 Å². The number of ketones is 1. The van der Waals surface area contributed by atoms with Crippen LogP contribution < -0.4 is 0 Å². The molecule has 0 saturated carbocycles. The summed E-state index contributed by atoms with van der Waals surface area (Å²) in [5.74, 6) is -0.476. The normalized spacial score (nSPS) is 16.1. The van der Waals surface area contributed by atoms with Crippen molar-refractivity contribution >= 4 is 17.5 Å². The minimum absolute atomic E-state index is 0.177. The average Bonchev–Trinajstić information content (AvgIpc) is 2.18. The minimum atomic E-state index is -0.517. The van der Waals surface area contributed by atoms with E-state index in [9.17, 15) is 9.59 Å². The van der Waals surface area contributed by atoms with Crippen LogP contribution in [0.3, 0.4) is 0 Å². The van der Waals surface area contributed by atoms with Crippen molar-refractivity contribution in [1.82, 2.24) is 4.98 Å². The maximum Gasteiger partial charge on any atom is 0.319 e. The molecular formula is C10H7NO3. The number of aromatic nitrogens is 1. The first-order valence-electron chi connectivity index (χ1n) is 4.11. The van der Waals surface area contributed by atoms with E-state index in [4.69, 9.17) is 4.74 Å². The molecule has 0 bridgehead atoms. The Labute approximate surface area is 80.2 Å². The van der Waals surface area contributed by atoms with Gasteiger partial charge in [0.2, 0.25) is 0 Å². The zero-order chi connectivity index (χ0) is 9.97. The molecule has 0 unspecified atom stereocenters. The molecule has 1 aromatic heterocycles. The van der Waals surface area contributed by atoms with Crippen molar-refractivity contribution in [3.8, 4) is 0 Å². The fourth-order valence-electron chi connectivity index (χ4n) is 1.18. The molecule has 2 heterocycles. The summed E-state index contributed by atoms with van der Waals surface area (Å²) >= 11 is 0. The Hall–Kier alpha value is -1.97. The fourth-order valence-corrected chi connectivity index (χ4v) is 1.18. The summed E-state index contributed by atoms with van der Waals surface area (Å²) in [5, 5.41) is 0. The van der Waals surface area contributed by atoms with Gasteiger partial charge in [-0.05, 0) is 12.1 Å². The molecule has 0 saturated heterocycles. The molecule has 0 atom stereocenters. The Morgan fingerprint density at radius 1 is 1.36 bits per heavy atom. The molecule has 4 nitrogen and oxygen atoms in total. The average molecular weight is 189 g/mol. The number of rotatable bonds is 1. The lowest BCUT2D eigenvalue weighted by Crippen LogP contribution is -2.15. The van der Waals surface area contributed by atoms with Gasteiger partial charge in [-0.2, -0.15) is 0 Å². The zero-order valence-electron chi connectivity index (χ0n) is 7.27. The maximum atomic E-state index is 11.1. The first-order chi connectivity index (χ1) is 6.75. The molecule has 0 fully saturated rings. The summed E-state index contributed by atoms with van der Waals surface area (Å²) in [6.07, 6.45) is 4.29. The van der Waals surface area contributed by atoms with Crippen LogP contribution in [-0.2, 0) is 14.3 Å². The molecule has 0 aliphatic carbocycles. The van der Waals surface area contributed by atoms with E-state index in [-0.39, 0.29) is 18.0 Å². The highest BCUT2D eigenvalue weighted by Crippen LogP contribution is 2.19. The monoisotopic (exact) mass is 189 g/mol. The van der Waals surface area contributed by atoms with E-state index in [1.807, 2.05) is 0 Å². The molecular weight excluding hydrogens is 182 g/mol. The lowest BCUT2D eigenvalue weighted by atomic mass is 10.1. The smallest absolute Gasteiger partial charge is 0.319 e. The maximum absolute atomic E-state index is 11.1. The number of hydrogen-bond acceptors (Lipinski definition) is 4. The molecule has 1 aliphatic rings. The van der Waals surface area contributed by atoms with Crippen molar-refractivity contribution in [2.75, 3.05) is 0 Å². The second kappa shape index (κ2) is 3.41. The van der Waals surface area contributed by atoms with Gasteiger partial charge >= 0.3 is 5.97 Å². The predicted octanol–water partition coefficient (Wildman–Crippen LogP) is 0.938. The molecule has 1 aromatic rings. The molecule has 0 radical (unpaired) electrons. The number of carbonyl (C=O) groups excluding carboxylic acids is 2. The minimum Gasteiger partial charge on any atom is -0.425 e. The van der Waals surface area contributed by atoms with Crippen molar-refractivity contribution in [2.45, 2.75) is 6.42 Å². The van der Waals surface area contributed by atoms with Crippen LogP contribution in [0.5, 0.6) is 0 Å². The quantitative estimate of drug-likeness (QED) is 0.487. The summed E-state index contributed by atoms with van der Waals surface area (Å²) in [4.78, 5) is 25.9. The third-order valence-electron chi connectivity index (χ3n) is 1.78. The number of ether oxygens (including phenoxy) is 1. The van der Waals surface area contributed by atoms with Gasteiger partial charge < -0.3 is 4.74 Å². The summed E-state index contributed by atoms with van der Waals surface area (Å²) in [5.41, 5.74) is 0.633. The Bertz CT molecular complexity index is 409. The lowest BCUT2D eigenvalue weighted by molar-refractivity contribution is -0.140. The van der Waals surface area contributed by atoms with Crippen LogP contribution in [0.4, 0.5) is 0 Å². The van der Waals surface area contributed by atoms with Crippen LogP contribution in [0, 0.1) is 0 Å². The van der Waals surface area contributed by atoms with Crippen molar-refractivity contribution < 1.29 is 14.3 Å². The van der Waals surface area contributed by atoms with E-state index in [1.165, 1.54) is 12.3 Å². The van der Waals surface area contributed by atoms with Gasteiger partial charge in [0, 0.05) is 24.0 Å². The van der Waals surface area contributed by atoms with Crippen molar-refractivity contribution in [1.29, 1.82) is 0 Å². The van der Waals surface area contributed by atoms with Crippen molar-refractivity contribution in [3.63, 3.8) is 0 Å². The third kappa shape index (κ3) is 1.69. The van der Waals surface area contributed by atoms with Crippen LogP contribution in [-0.4, -0.2) is 16.7 Å². The van der Waals surface area contributed by atoms with E-state index in [0.717, 1.165) is 0 Å². The third-order valence-corrected chi connectivity index (χ3v) is 1.78. The molecule has 14 heavy (non-hydrogen) atoms. The molecule has 0 N–H and O–H groups in total. The van der Waals surface area contributed by atoms with Crippen molar-refractivity contribution in [2.24, 2.45) is 0 Å². The Kier molecular flexibility index (Phi) is 2.10. The van der Waals surface area contributed by atoms with Crippen LogP contribution in [0.2, 0.25) is 0 Å². The zero-order valence-corrected chi connectivity index (χ0v) is 7.27. The van der Waals surface area contributed by atoms with E-state index < -0.39 is 5.97 Å². The van der Waals surface area contributed by atoms with E-state index in [0.29, 0.717) is 5.56 Å². The van der Waals surface area contributed by atoms with E-state index in [2.05, 4.69) is 4.98 Å². The Morgan fingerprint density at radius 3 is 2.86 bits per heavy atom. The summed E-state index contributed by atoms with van der Waals surface area (Å²) in [6.45, 7) is 0. The van der Waals surface area contributed by atoms with Crippen LogP contribution in [0.15, 0.2) is 30.6 Å². The second-order valence-corrected chi connectivity index (χ2v) is 2.87. The van der Waals surface area contributed by atoms with Gasteiger partial charge in [-0.1, -0.05) is 0 Å². The Morgan fingerprint density at radius 2 is 2.21 bits per heavy atom. The molecule has 0 spiro atoms. The SMILES string of the molecule is O=C1C=C(c2cccnc2)OC(=O)C1. The van der Waals surface area contributed by atoms with Gasteiger partial charge in [-0.25, -0.2) is 0 Å². The van der Waals surface area contributed by atoms with Gasteiger partial charge in [-0.3, -0.25) is 14.6 Å². The predicted molar refractivity (Wildman–Crippen MR) is 47.9 cm³/mol. The molecule has 2 rings (SSSR count). The summed E-state index contributed by atoms with van der Waals surface area (Å²) in [7, 11) is 0. The van der Waals surface area contributed by atoms with E-state index >= 15 is 0 Å². The number of pyridine rings is 1. The van der Waals surface area contributed by atoms with Crippen LogP contribution in [0.1, 0.15) is 12.0 Å². The first-order valence-corrected chi connectivity index (χ1v) is 4.11. The molecule has 0 aromatic carbocycles. The molecule has 4 heteroatoms. The highest BCUT2D eigenvalue weighted by atomic mass is 16.5. The molecule has 70 valence electrons. The van der Waals surface area contributed by atoms with Gasteiger partial charge in [0.25, 0.3) is 0 Å². The number of cyclic esters (lactones) is 1. The molecule has 1 aliphatic heterocycles. The number of hydrogen-bond donors (Lipinski definition) is 0. The van der Waals surface area contributed by atoms with Crippen LogP contribution in [0.25, 0.3) is 5.76 Å². The molecule has 0 amide bonds. The first kappa shape index (κ1) is 8.62. The fraction of sp³-hybridized carbons (Fsp3) is 0.100. The number of nitrogens with zero attached hydrogens (tertiary/aromatic N) is 1. The van der Waals surface area contributed by atoms with Crippen LogP contribution >= 0.6 is 0 Å². The second-order valence-electron chi connectivity index (χ2n) is 2.87. The summed E-state index contributed by atoms with van der Waals surface area (Å²) < 4.78 is 4.90.